The molecule has 1 N–H and O–H groups in total. The van der Waals surface area contributed by atoms with Gasteiger partial charge < -0.3 is 14.8 Å². The van der Waals surface area contributed by atoms with E-state index in [0.717, 1.165) is 64.9 Å². The summed E-state index contributed by atoms with van der Waals surface area (Å²) in [6.45, 7) is 6.27. The number of ether oxygens (including phenoxy) is 2. The molecule has 0 atom stereocenters. The predicted molar refractivity (Wildman–Crippen MR) is 104 cm³/mol. The molecule has 0 unspecified atom stereocenters. The molecule has 25 heavy (non-hydrogen) atoms. The predicted octanol–water partition coefficient (Wildman–Crippen LogP) is 4.51. The molecule has 2 heterocycles. The molecule has 0 amide bonds. The highest BCUT2D eigenvalue weighted by Crippen LogP contribution is 2.37. The maximum absolute atomic E-state index is 5.40. The molecule has 5 nitrogen and oxygen atoms in total. The van der Waals surface area contributed by atoms with Crippen LogP contribution in [0.4, 0.5) is 5.82 Å². The fourth-order valence-electron chi connectivity index (χ4n) is 2.68. The molecular formula is C19H23N3O2S. The Bertz CT molecular complexity index is 831. The van der Waals surface area contributed by atoms with Gasteiger partial charge in [-0.3, -0.25) is 0 Å². The van der Waals surface area contributed by atoms with Crippen LogP contribution in [0.25, 0.3) is 21.3 Å². The van der Waals surface area contributed by atoms with Crippen LogP contribution >= 0.6 is 11.3 Å². The molecule has 6 heteroatoms. The monoisotopic (exact) mass is 357 g/mol. The molecule has 0 spiro atoms. The average Bonchev–Trinajstić information content (AvgIpc) is 3.05. The van der Waals surface area contributed by atoms with Crippen LogP contribution < -0.4 is 10.1 Å². The fraction of sp³-hybridized carbons (Fsp3) is 0.368. The van der Waals surface area contributed by atoms with Crippen LogP contribution in [0.1, 0.15) is 19.2 Å². The van der Waals surface area contributed by atoms with Gasteiger partial charge in [-0.05, 0) is 38.0 Å². The SMILES string of the molecule is CCOCCCNc1nc(C)nc2scc(-c3ccc(OC)cc3)c12. The van der Waals surface area contributed by atoms with E-state index in [0.29, 0.717) is 0 Å². The number of hydrogen-bond donors (Lipinski definition) is 1. The molecule has 3 rings (SSSR count). The van der Waals surface area contributed by atoms with E-state index in [1.807, 2.05) is 26.0 Å². The Hall–Kier alpha value is -2.18. The zero-order chi connectivity index (χ0) is 17.6. The highest BCUT2D eigenvalue weighted by atomic mass is 32.1. The summed E-state index contributed by atoms with van der Waals surface area (Å²) in [5, 5.41) is 6.68. The molecule has 0 saturated heterocycles. The van der Waals surface area contributed by atoms with Crippen LogP contribution in [0, 0.1) is 6.92 Å². The number of hydrogen-bond acceptors (Lipinski definition) is 6. The van der Waals surface area contributed by atoms with Crippen molar-refractivity contribution in [2.24, 2.45) is 0 Å². The summed E-state index contributed by atoms with van der Waals surface area (Å²) in [6.07, 6.45) is 0.945. The maximum Gasteiger partial charge on any atom is 0.139 e. The van der Waals surface area contributed by atoms with Crippen molar-refractivity contribution in [3.63, 3.8) is 0 Å². The van der Waals surface area contributed by atoms with E-state index in [1.54, 1.807) is 18.4 Å². The Labute approximate surface area is 152 Å². The van der Waals surface area contributed by atoms with Crippen LogP contribution in [-0.4, -0.2) is 36.8 Å². The molecule has 0 aliphatic rings. The molecule has 0 bridgehead atoms. The molecular weight excluding hydrogens is 334 g/mol. The van der Waals surface area contributed by atoms with Crippen LogP contribution in [0.3, 0.4) is 0 Å². The lowest BCUT2D eigenvalue weighted by Crippen LogP contribution is -2.08. The number of nitrogens with one attached hydrogen (secondary N) is 1. The third kappa shape index (κ3) is 4.08. The van der Waals surface area contributed by atoms with E-state index >= 15 is 0 Å². The van der Waals surface area contributed by atoms with Crippen molar-refractivity contribution in [1.82, 2.24) is 9.97 Å². The van der Waals surface area contributed by atoms with E-state index in [9.17, 15) is 0 Å². The van der Waals surface area contributed by atoms with Crippen molar-refractivity contribution >= 4 is 27.4 Å². The Balaban J connectivity index is 1.91. The van der Waals surface area contributed by atoms with Gasteiger partial charge in [0.15, 0.2) is 0 Å². The third-order valence-corrected chi connectivity index (χ3v) is 4.78. The average molecular weight is 357 g/mol. The van der Waals surface area contributed by atoms with Crippen molar-refractivity contribution in [2.75, 3.05) is 32.2 Å². The minimum atomic E-state index is 0.753. The first-order chi connectivity index (χ1) is 12.2. The standard InChI is InChI=1S/C19H23N3O2S/c1-4-24-11-5-10-20-18-17-16(12-25-19(17)22-13(2)21-18)14-6-8-15(23-3)9-7-14/h6-9,12H,4-5,10-11H2,1-3H3,(H,20,21,22). The molecule has 0 radical (unpaired) electrons. The number of aryl methyl sites for hydroxylation is 1. The van der Waals surface area contributed by atoms with Crippen LogP contribution in [-0.2, 0) is 4.74 Å². The molecule has 0 aliphatic heterocycles. The van der Waals surface area contributed by atoms with Crippen LogP contribution in [0.2, 0.25) is 0 Å². The zero-order valence-electron chi connectivity index (χ0n) is 14.8. The van der Waals surface area contributed by atoms with Crippen molar-refractivity contribution < 1.29 is 9.47 Å². The van der Waals surface area contributed by atoms with Gasteiger partial charge in [0.1, 0.15) is 22.2 Å². The fourth-order valence-corrected chi connectivity index (χ4v) is 3.68. The lowest BCUT2D eigenvalue weighted by atomic mass is 10.1. The minimum Gasteiger partial charge on any atom is -0.497 e. The molecule has 0 saturated carbocycles. The third-order valence-electron chi connectivity index (χ3n) is 3.91. The molecule has 3 aromatic rings. The second-order valence-electron chi connectivity index (χ2n) is 5.65. The van der Waals surface area contributed by atoms with Crippen LogP contribution in [0.15, 0.2) is 29.6 Å². The summed E-state index contributed by atoms with van der Waals surface area (Å²) in [7, 11) is 1.68. The Kier molecular flexibility index (Phi) is 5.83. The van der Waals surface area contributed by atoms with Crippen LogP contribution in [0.5, 0.6) is 5.75 Å². The first-order valence-electron chi connectivity index (χ1n) is 8.44. The van der Waals surface area contributed by atoms with E-state index in [4.69, 9.17) is 9.47 Å². The van der Waals surface area contributed by atoms with Crippen molar-refractivity contribution in [3.8, 4) is 16.9 Å². The lowest BCUT2D eigenvalue weighted by Gasteiger charge is -2.10. The van der Waals surface area contributed by atoms with E-state index < -0.39 is 0 Å². The summed E-state index contributed by atoms with van der Waals surface area (Å²) in [5.74, 6) is 2.53. The zero-order valence-corrected chi connectivity index (χ0v) is 15.7. The number of rotatable bonds is 8. The van der Waals surface area contributed by atoms with Crippen molar-refractivity contribution in [3.05, 3.63) is 35.5 Å². The number of fused-ring (bicyclic) bond motifs is 1. The molecule has 132 valence electrons. The van der Waals surface area contributed by atoms with E-state index in [-0.39, 0.29) is 0 Å². The topological polar surface area (TPSA) is 56.3 Å². The highest BCUT2D eigenvalue weighted by molar-refractivity contribution is 7.17. The van der Waals surface area contributed by atoms with Gasteiger partial charge in [0.2, 0.25) is 0 Å². The van der Waals surface area contributed by atoms with Gasteiger partial charge in [-0.25, -0.2) is 9.97 Å². The second kappa shape index (κ2) is 8.27. The minimum absolute atomic E-state index is 0.753. The van der Waals surface area contributed by atoms with Gasteiger partial charge >= 0.3 is 0 Å². The molecule has 1 aromatic carbocycles. The van der Waals surface area contributed by atoms with Gasteiger partial charge in [0.25, 0.3) is 0 Å². The number of aromatic nitrogens is 2. The smallest absolute Gasteiger partial charge is 0.139 e. The Morgan fingerprint density at radius 2 is 1.96 bits per heavy atom. The number of thiophene rings is 1. The number of methoxy groups -OCH3 is 1. The summed E-state index contributed by atoms with van der Waals surface area (Å²) >= 11 is 1.65. The highest BCUT2D eigenvalue weighted by Gasteiger charge is 2.14. The second-order valence-corrected chi connectivity index (χ2v) is 6.51. The Morgan fingerprint density at radius 3 is 2.68 bits per heavy atom. The number of nitrogens with zero attached hydrogens (tertiary/aromatic N) is 2. The largest absolute Gasteiger partial charge is 0.497 e. The number of anilines is 1. The summed E-state index contributed by atoms with van der Waals surface area (Å²) in [6, 6.07) is 8.09. The van der Waals surface area contributed by atoms with Gasteiger partial charge in [-0.2, -0.15) is 0 Å². The summed E-state index contributed by atoms with van der Waals surface area (Å²) in [4.78, 5) is 10.2. The van der Waals surface area contributed by atoms with Gasteiger partial charge in [0.05, 0.1) is 12.5 Å². The van der Waals surface area contributed by atoms with E-state index in [1.165, 1.54) is 0 Å². The van der Waals surface area contributed by atoms with Gasteiger partial charge in [-0.1, -0.05) is 12.1 Å². The molecule has 0 aliphatic carbocycles. The summed E-state index contributed by atoms with van der Waals surface area (Å²) in [5.41, 5.74) is 2.28. The lowest BCUT2D eigenvalue weighted by molar-refractivity contribution is 0.147. The van der Waals surface area contributed by atoms with Crippen molar-refractivity contribution in [1.29, 1.82) is 0 Å². The molecule has 2 aromatic heterocycles. The summed E-state index contributed by atoms with van der Waals surface area (Å²) < 4.78 is 10.7. The van der Waals surface area contributed by atoms with E-state index in [2.05, 4.69) is 32.8 Å². The van der Waals surface area contributed by atoms with Gasteiger partial charge in [-0.15, -0.1) is 11.3 Å². The quantitative estimate of drug-likeness (QED) is 0.601. The Morgan fingerprint density at radius 1 is 1.16 bits per heavy atom. The normalized spacial score (nSPS) is 11.0. The van der Waals surface area contributed by atoms with Crippen molar-refractivity contribution in [2.45, 2.75) is 20.3 Å². The first-order valence-corrected chi connectivity index (χ1v) is 9.32. The number of benzene rings is 1. The maximum atomic E-state index is 5.40. The first kappa shape index (κ1) is 17.6. The van der Waals surface area contributed by atoms with Gasteiger partial charge in [0, 0.05) is 30.7 Å². The molecule has 0 fully saturated rings.